The van der Waals surface area contributed by atoms with E-state index >= 15 is 0 Å². The molecule has 0 atom stereocenters. The van der Waals surface area contributed by atoms with Gasteiger partial charge in [-0.25, -0.2) is 0 Å². The zero-order valence-electron chi connectivity index (χ0n) is 9.32. The first-order valence-corrected chi connectivity index (χ1v) is 5.53. The van der Waals surface area contributed by atoms with Gasteiger partial charge < -0.3 is 5.73 Å². The fraction of sp³-hybridized carbons (Fsp3) is 0.231. The van der Waals surface area contributed by atoms with Gasteiger partial charge in [-0.3, -0.25) is 4.90 Å². The Hall–Kier alpha value is -1.25. The topological polar surface area (TPSA) is 29.3 Å². The van der Waals surface area contributed by atoms with Crippen LogP contribution in [-0.2, 0) is 6.54 Å². The van der Waals surface area contributed by atoms with Crippen molar-refractivity contribution in [3.8, 4) is 0 Å². The van der Waals surface area contributed by atoms with E-state index < -0.39 is 0 Å². The SMILES string of the molecule is C=CCN(CC=C)Cc1ccc(Cl)cc1N. The number of hydrogen-bond acceptors (Lipinski definition) is 2. The first-order valence-electron chi connectivity index (χ1n) is 5.15. The third-order valence-corrected chi connectivity index (χ3v) is 2.51. The molecule has 3 heteroatoms. The summed E-state index contributed by atoms with van der Waals surface area (Å²) in [6, 6.07) is 5.58. The van der Waals surface area contributed by atoms with Gasteiger partial charge in [0.15, 0.2) is 0 Å². The van der Waals surface area contributed by atoms with Crippen molar-refractivity contribution in [2.24, 2.45) is 0 Å². The van der Waals surface area contributed by atoms with E-state index in [0.717, 1.165) is 30.9 Å². The molecule has 2 N–H and O–H groups in total. The molecule has 1 aromatic rings. The van der Waals surface area contributed by atoms with Crippen molar-refractivity contribution in [3.05, 3.63) is 54.1 Å². The van der Waals surface area contributed by atoms with E-state index in [0.29, 0.717) is 5.02 Å². The van der Waals surface area contributed by atoms with Crippen LogP contribution in [0.2, 0.25) is 5.02 Å². The molecule has 0 aliphatic rings. The summed E-state index contributed by atoms with van der Waals surface area (Å²) in [5.41, 5.74) is 7.70. The number of anilines is 1. The molecular formula is C13H17ClN2. The van der Waals surface area contributed by atoms with Crippen LogP contribution in [0.1, 0.15) is 5.56 Å². The minimum Gasteiger partial charge on any atom is -0.398 e. The van der Waals surface area contributed by atoms with Crippen molar-refractivity contribution in [1.82, 2.24) is 4.90 Å². The van der Waals surface area contributed by atoms with Crippen LogP contribution >= 0.6 is 11.6 Å². The van der Waals surface area contributed by atoms with E-state index in [9.17, 15) is 0 Å². The van der Waals surface area contributed by atoms with Gasteiger partial charge in [0.1, 0.15) is 0 Å². The van der Waals surface area contributed by atoms with Crippen LogP contribution in [0.4, 0.5) is 5.69 Å². The number of benzene rings is 1. The summed E-state index contributed by atoms with van der Waals surface area (Å²) >= 11 is 5.85. The number of halogens is 1. The minimum atomic E-state index is 0.667. The maximum absolute atomic E-state index is 5.90. The van der Waals surface area contributed by atoms with Crippen molar-refractivity contribution >= 4 is 17.3 Å². The van der Waals surface area contributed by atoms with E-state index in [1.807, 2.05) is 24.3 Å². The second-order valence-corrected chi connectivity index (χ2v) is 4.05. The standard InChI is InChI=1S/C13H17ClN2/c1-3-7-16(8-4-2)10-11-5-6-12(14)9-13(11)15/h3-6,9H,1-2,7-8,10,15H2. The lowest BCUT2D eigenvalue weighted by Crippen LogP contribution is -2.23. The Morgan fingerprint density at radius 1 is 1.25 bits per heavy atom. The van der Waals surface area contributed by atoms with Crippen LogP contribution in [0.5, 0.6) is 0 Å². The highest BCUT2D eigenvalue weighted by Gasteiger charge is 2.05. The molecule has 0 saturated heterocycles. The molecule has 0 bridgehead atoms. The number of hydrogen-bond donors (Lipinski definition) is 1. The van der Waals surface area contributed by atoms with Crippen LogP contribution < -0.4 is 5.73 Å². The summed E-state index contributed by atoms with van der Waals surface area (Å²) in [5.74, 6) is 0. The summed E-state index contributed by atoms with van der Waals surface area (Å²) in [6.45, 7) is 9.87. The van der Waals surface area contributed by atoms with Crippen molar-refractivity contribution in [1.29, 1.82) is 0 Å². The van der Waals surface area contributed by atoms with Gasteiger partial charge in [-0.2, -0.15) is 0 Å². The normalized spacial score (nSPS) is 10.4. The Morgan fingerprint density at radius 2 is 1.88 bits per heavy atom. The number of nitrogen functional groups attached to an aromatic ring is 1. The van der Waals surface area contributed by atoms with Gasteiger partial charge in [0.05, 0.1) is 0 Å². The van der Waals surface area contributed by atoms with Gasteiger partial charge in [0.25, 0.3) is 0 Å². The quantitative estimate of drug-likeness (QED) is 0.608. The Bertz CT molecular complexity index is 364. The summed E-state index contributed by atoms with van der Waals surface area (Å²) in [7, 11) is 0. The van der Waals surface area contributed by atoms with Gasteiger partial charge in [0.2, 0.25) is 0 Å². The second-order valence-electron chi connectivity index (χ2n) is 3.61. The molecule has 16 heavy (non-hydrogen) atoms. The highest BCUT2D eigenvalue weighted by Crippen LogP contribution is 2.19. The molecule has 0 fully saturated rings. The molecule has 0 heterocycles. The van der Waals surface area contributed by atoms with Gasteiger partial charge in [-0.15, -0.1) is 13.2 Å². The Morgan fingerprint density at radius 3 is 2.38 bits per heavy atom. The highest BCUT2D eigenvalue weighted by molar-refractivity contribution is 6.30. The second kappa shape index (κ2) is 6.36. The zero-order chi connectivity index (χ0) is 12.0. The van der Waals surface area contributed by atoms with Gasteiger partial charge in [0, 0.05) is 30.3 Å². The fourth-order valence-electron chi connectivity index (χ4n) is 1.52. The minimum absolute atomic E-state index is 0.667. The number of nitrogens with zero attached hydrogens (tertiary/aromatic N) is 1. The van der Waals surface area contributed by atoms with Crippen molar-refractivity contribution in [3.63, 3.8) is 0 Å². The molecular weight excluding hydrogens is 220 g/mol. The molecule has 0 radical (unpaired) electrons. The van der Waals surface area contributed by atoms with Crippen molar-refractivity contribution in [2.75, 3.05) is 18.8 Å². The lowest BCUT2D eigenvalue weighted by molar-refractivity contribution is 0.328. The zero-order valence-corrected chi connectivity index (χ0v) is 10.1. The van der Waals surface area contributed by atoms with Gasteiger partial charge in [-0.1, -0.05) is 29.8 Å². The molecule has 0 unspecified atom stereocenters. The molecule has 0 aromatic heterocycles. The average Bonchev–Trinajstić information content (AvgIpc) is 2.23. The smallest absolute Gasteiger partial charge is 0.0426 e. The van der Waals surface area contributed by atoms with Crippen LogP contribution in [0.15, 0.2) is 43.5 Å². The highest BCUT2D eigenvalue weighted by atomic mass is 35.5. The van der Waals surface area contributed by atoms with E-state index in [2.05, 4.69) is 18.1 Å². The summed E-state index contributed by atoms with van der Waals surface area (Å²) in [5, 5.41) is 0.667. The molecule has 2 nitrogen and oxygen atoms in total. The predicted molar refractivity (Wildman–Crippen MR) is 71.5 cm³/mol. The van der Waals surface area contributed by atoms with Crippen molar-refractivity contribution < 1.29 is 0 Å². The lowest BCUT2D eigenvalue weighted by atomic mass is 10.1. The molecule has 1 rings (SSSR count). The third-order valence-electron chi connectivity index (χ3n) is 2.28. The van der Waals surface area contributed by atoms with Crippen LogP contribution in [0, 0.1) is 0 Å². The molecule has 0 amide bonds. The van der Waals surface area contributed by atoms with E-state index in [-0.39, 0.29) is 0 Å². The summed E-state index contributed by atoms with van der Waals surface area (Å²) < 4.78 is 0. The van der Waals surface area contributed by atoms with E-state index in [4.69, 9.17) is 17.3 Å². The summed E-state index contributed by atoms with van der Waals surface area (Å²) in [6.07, 6.45) is 3.74. The van der Waals surface area contributed by atoms with Crippen LogP contribution in [0.25, 0.3) is 0 Å². The van der Waals surface area contributed by atoms with E-state index in [1.165, 1.54) is 0 Å². The monoisotopic (exact) mass is 236 g/mol. The molecule has 1 aromatic carbocycles. The Labute approximate surface area is 102 Å². The molecule has 86 valence electrons. The fourth-order valence-corrected chi connectivity index (χ4v) is 1.70. The molecule has 0 aliphatic carbocycles. The maximum atomic E-state index is 5.90. The Balaban J connectivity index is 2.75. The largest absolute Gasteiger partial charge is 0.398 e. The van der Waals surface area contributed by atoms with Gasteiger partial charge in [-0.05, 0) is 17.7 Å². The molecule has 0 spiro atoms. The Kier molecular flexibility index (Phi) is 5.09. The lowest BCUT2D eigenvalue weighted by Gasteiger charge is -2.19. The predicted octanol–water partition coefficient (Wildman–Crippen LogP) is 3.10. The molecule has 0 saturated carbocycles. The first kappa shape index (κ1) is 12.8. The average molecular weight is 237 g/mol. The van der Waals surface area contributed by atoms with E-state index in [1.54, 1.807) is 6.07 Å². The number of rotatable bonds is 6. The van der Waals surface area contributed by atoms with Gasteiger partial charge >= 0.3 is 0 Å². The maximum Gasteiger partial charge on any atom is 0.0426 e. The summed E-state index contributed by atoms with van der Waals surface area (Å²) in [4.78, 5) is 2.19. The first-order chi connectivity index (χ1) is 7.67. The van der Waals surface area contributed by atoms with Crippen LogP contribution in [-0.4, -0.2) is 18.0 Å². The van der Waals surface area contributed by atoms with Crippen molar-refractivity contribution in [2.45, 2.75) is 6.54 Å². The third kappa shape index (κ3) is 3.72. The number of nitrogens with two attached hydrogens (primary N) is 1. The van der Waals surface area contributed by atoms with Crippen LogP contribution in [0.3, 0.4) is 0 Å². The molecule has 0 aliphatic heterocycles.